The van der Waals surface area contributed by atoms with E-state index in [2.05, 4.69) is 28.4 Å². The molecule has 0 spiro atoms. The third-order valence-electron chi connectivity index (χ3n) is 0.852. The van der Waals surface area contributed by atoms with Crippen molar-refractivity contribution in [3.8, 4) is 5.75 Å². The molecule has 4 heteroatoms. The van der Waals surface area contributed by atoms with Gasteiger partial charge >= 0.3 is 28.4 Å². The van der Waals surface area contributed by atoms with Crippen molar-refractivity contribution >= 4 is 28.4 Å². The van der Waals surface area contributed by atoms with Crippen molar-refractivity contribution in [2.45, 2.75) is 0 Å². The summed E-state index contributed by atoms with van der Waals surface area (Å²) in [5, 5.41) is 8.54. The van der Waals surface area contributed by atoms with Gasteiger partial charge in [0.15, 0.2) is 11.6 Å². The number of phenolic OH excluding ortho intramolecular Hbond substituents is 1. The van der Waals surface area contributed by atoms with Crippen molar-refractivity contribution in [3.05, 3.63) is 30.1 Å². The monoisotopic (exact) mass is 272 g/mol. The van der Waals surface area contributed by atoms with E-state index in [1.54, 1.807) is 6.07 Å². The molecule has 2 radical (unpaired) electrons. The predicted molar refractivity (Wildman–Crippen MR) is 39.6 cm³/mol. The Hall–Kier alpha value is -0.0110. The van der Waals surface area contributed by atoms with Gasteiger partial charge < -0.3 is 5.11 Å². The van der Waals surface area contributed by atoms with Gasteiger partial charge in [-0.25, -0.2) is 4.39 Å². The van der Waals surface area contributed by atoms with E-state index in [9.17, 15) is 4.39 Å². The third-order valence-corrected chi connectivity index (χ3v) is 0.852. The van der Waals surface area contributed by atoms with Gasteiger partial charge in [-0.2, -0.15) is 0 Å². The Bertz CT molecular complexity index is 172. The Morgan fingerprint density at radius 3 is 2.00 bits per heavy atom. The molecule has 10 heavy (non-hydrogen) atoms. The van der Waals surface area contributed by atoms with Crippen LogP contribution in [0.2, 0.25) is 0 Å². The van der Waals surface area contributed by atoms with Gasteiger partial charge in [-0.05, 0) is 12.1 Å². The van der Waals surface area contributed by atoms with Gasteiger partial charge in [0.2, 0.25) is 0 Å². The molecular weight excluding hydrogens is 265 g/mol. The summed E-state index contributed by atoms with van der Waals surface area (Å²) in [5.74, 6) is -0.875. The summed E-state index contributed by atoms with van der Waals surface area (Å²) in [7, 11) is 0. The van der Waals surface area contributed by atoms with Gasteiger partial charge in [0.05, 0.1) is 0 Å². The minimum absolute atomic E-state index is 0.299. The molecule has 0 fully saturated rings. The van der Waals surface area contributed by atoms with E-state index in [0.717, 1.165) is 0 Å². The van der Waals surface area contributed by atoms with Crippen molar-refractivity contribution in [2.75, 3.05) is 0 Å². The van der Waals surface area contributed by atoms with E-state index < -0.39 is 5.82 Å². The number of halogens is 1. The van der Waals surface area contributed by atoms with E-state index in [0.29, 0.717) is 0 Å². The average molecular weight is 270 g/mol. The number of hydrogen-bond acceptors (Lipinski definition) is 1. The van der Waals surface area contributed by atoms with Crippen LogP contribution in [0.4, 0.5) is 4.39 Å². The number of hydrogen-bond donors (Lipinski definition) is 1. The van der Waals surface area contributed by atoms with Crippen LogP contribution < -0.4 is 0 Å². The quantitative estimate of drug-likeness (QED) is 0.690. The van der Waals surface area contributed by atoms with Crippen LogP contribution in [-0.4, -0.2) is 33.5 Å². The molecule has 1 N–H and O–H groups in total. The van der Waals surface area contributed by atoms with Crippen molar-refractivity contribution in [1.29, 1.82) is 0 Å². The first kappa shape index (κ1) is 9.99. The number of rotatable bonds is 0. The first-order valence-corrected chi connectivity index (χ1v) is 6.74. The van der Waals surface area contributed by atoms with Gasteiger partial charge in [0.1, 0.15) is 0 Å². The molecule has 0 aliphatic carbocycles. The maximum atomic E-state index is 12.1. The SMILES string of the molecule is Oc1ccccc1F.[Se][Se]. The Morgan fingerprint density at radius 2 is 1.70 bits per heavy atom. The van der Waals surface area contributed by atoms with Crippen molar-refractivity contribution < 1.29 is 9.50 Å². The van der Waals surface area contributed by atoms with Crippen molar-refractivity contribution in [2.24, 2.45) is 0 Å². The Morgan fingerprint density at radius 1 is 1.20 bits per heavy atom. The molecular formula is C6H5FOSe2. The van der Waals surface area contributed by atoms with E-state index >= 15 is 0 Å². The zero-order valence-electron chi connectivity index (χ0n) is 4.95. The van der Waals surface area contributed by atoms with Gasteiger partial charge in [-0.15, -0.1) is 0 Å². The molecule has 0 aromatic heterocycles. The zero-order chi connectivity index (χ0) is 7.98. The molecule has 0 saturated carbocycles. The summed E-state index contributed by atoms with van der Waals surface area (Å²) < 4.78 is 12.1. The van der Waals surface area contributed by atoms with Crippen molar-refractivity contribution in [3.63, 3.8) is 0 Å². The van der Waals surface area contributed by atoms with E-state index in [4.69, 9.17) is 5.11 Å². The predicted octanol–water partition coefficient (Wildman–Crippen LogP) is 0.770. The fourth-order valence-corrected chi connectivity index (χ4v) is 0.452. The van der Waals surface area contributed by atoms with Crippen molar-refractivity contribution in [1.82, 2.24) is 0 Å². The summed E-state index contributed by atoms with van der Waals surface area (Å²) >= 11 is 5.00. The molecule has 0 aliphatic rings. The second kappa shape index (κ2) is 5.75. The summed E-state index contributed by atoms with van der Waals surface area (Å²) in [6.45, 7) is 0. The minimum atomic E-state index is -0.576. The molecule has 54 valence electrons. The zero-order valence-corrected chi connectivity index (χ0v) is 8.38. The molecule has 1 nitrogen and oxygen atoms in total. The van der Waals surface area contributed by atoms with Crippen LogP contribution in [0, 0.1) is 5.82 Å². The molecule has 0 unspecified atom stereocenters. The number of aromatic hydroxyl groups is 1. The average Bonchev–Trinajstić information content (AvgIpc) is 2.00. The molecule has 1 aromatic carbocycles. The Balaban J connectivity index is 0.000000371. The van der Waals surface area contributed by atoms with Crippen LogP contribution in [0.15, 0.2) is 24.3 Å². The van der Waals surface area contributed by atoms with Gasteiger partial charge in [-0.1, -0.05) is 12.1 Å². The fourth-order valence-electron chi connectivity index (χ4n) is 0.452. The van der Waals surface area contributed by atoms with E-state index in [1.807, 2.05) is 0 Å². The molecule has 0 aliphatic heterocycles. The summed E-state index contributed by atoms with van der Waals surface area (Å²) in [4.78, 5) is 0. The Kier molecular flexibility index (Phi) is 5.74. The maximum absolute atomic E-state index is 12.1. The van der Waals surface area contributed by atoms with Gasteiger partial charge in [-0.3, -0.25) is 0 Å². The first-order valence-electron chi connectivity index (χ1n) is 2.41. The fraction of sp³-hybridized carbons (Fsp3) is 0. The molecule has 0 atom stereocenters. The van der Waals surface area contributed by atoms with Crippen LogP contribution >= 0.6 is 0 Å². The van der Waals surface area contributed by atoms with Crippen LogP contribution in [0.25, 0.3) is 0 Å². The van der Waals surface area contributed by atoms with Crippen LogP contribution in [0.3, 0.4) is 0 Å². The normalized spacial score (nSPS) is 7.90. The summed E-state index contributed by atoms with van der Waals surface area (Å²) in [6, 6.07) is 5.60. The van der Waals surface area contributed by atoms with Crippen LogP contribution in [-0.2, 0) is 0 Å². The van der Waals surface area contributed by atoms with E-state index in [-0.39, 0.29) is 5.75 Å². The number of para-hydroxylation sites is 1. The van der Waals surface area contributed by atoms with E-state index in [1.165, 1.54) is 18.2 Å². The molecule has 0 saturated heterocycles. The summed E-state index contributed by atoms with van der Waals surface area (Å²) in [6.07, 6.45) is 0. The Labute approximate surface area is 73.8 Å². The van der Waals surface area contributed by atoms with Gasteiger partial charge in [0, 0.05) is 0 Å². The topological polar surface area (TPSA) is 20.2 Å². The summed E-state index contributed by atoms with van der Waals surface area (Å²) in [5.41, 5.74) is 0. The van der Waals surface area contributed by atoms with Crippen LogP contribution in [0.1, 0.15) is 0 Å². The molecule has 1 rings (SSSR count). The number of phenols is 1. The molecule has 0 bridgehead atoms. The van der Waals surface area contributed by atoms with Gasteiger partial charge in [0.25, 0.3) is 0 Å². The molecule has 0 amide bonds. The molecule has 0 heterocycles. The second-order valence-electron chi connectivity index (χ2n) is 1.45. The second-order valence-corrected chi connectivity index (χ2v) is 1.45. The first-order chi connectivity index (χ1) is 4.80. The number of benzene rings is 1. The third kappa shape index (κ3) is 3.23. The van der Waals surface area contributed by atoms with Crippen LogP contribution in [0.5, 0.6) is 5.75 Å². The molecule has 1 aromatic rings. The standard InChI is InChI=1S/C6H5FO.Se2/c7-5-3-1-2-4-6(5)8;1-2/h1-4,8H;.